The van der Waals surface area contributed by atoms with E-state index in [2.05, 4.69) is 14.9 Å². The van der Waals surface area contributed by atoms with Gasteiger partial charge < -0.3 is 15.4 Å². The molecule has 2 rings (SSSR count). The largest absolute Gasteiger partial charge is 0.473 e. The summed E-state index contributed by atoms with van der Waals surface area (Å²) in [6.07, 6.45) is 2.73. The normalized spacial score (nSPS) is 10.7. The van der Waals surface area contributed by atoms with Gasteiger partial charge in [-0.2, -0.15) is 4.98 Å². The van der Waals surface area contributed by atoms with Gasteiger partial charge in [0.15, 0.2) is 0 Å². The number of aromatic nitrogens is 2. The fourth-order valence-electron chi connectivity index (χ4n) is 1.91. The first-order valence-electron chi connectivity index (χ1n) is 7.10. The molecule has 0 amide bonds. The van der Waals surface area contributed by atoms with Crippen LogP contribution in [0.25, 0.3) is 0 Å². The minimum atomic E-state index is 0.0499. The molecule has 0 fully saturated rings. The Morgan fingerprint density at radius 2 is 2.05 bits per heavy atom. The molecule has 0 aliphatic rings. The molecule has 0 aliphatic carbocycles. The summed E-state index contributed by atoms with van der Waals surface area (Å²) in [5, 5.41) is 0. The molecule has 21 heavy (non-hydrogen) atoms. The first kappa shape index (κ1) is 15.1. The second-order valence-corrected chi connectivity index (χ2v) is 5.22. The van der Waals surface area contributed by atoms with Gasteiger partial charge in [0.25, 0.3) is 0 Å². The van der Waals surface area contributed by atoms with Crippen molar-refractivity contribution < 1.29 is 4.74 Å². The van der Waals surface area contributed by atoms with Crippen molar-refractivity contribution in [3.05, 3.63) is 42.2 Å². The van der Waals surface area contributed by atoms with Crippen molar-refractivity contribution in [2.24, 2.45) is 0 Å². The van der Waals surface area contributed by atoms with Gasteiger partial charge in [-0.3, -0.25) is 4.98 Å². The van der Waals surface area contributed by atoms with Crippen molar-refractivity contribution in [2.75, 3.05) is 24.2 Å². The first-order chi connectivity index (χ1) is 10.1. The molecular formula is C16H22N4O. The molecule has 0 bridgehead atoms. The number of nitrogen functional groups attached to an aromatic ring is 1. The molecule has 0 aliphatic heterocycles. The van der Waals surface area contributed by atoms with E-state index in [1.54, 1.807) is 0 Å². The van der Waals surface area contributed by atoms with Gasteiger partial charge in [-0.25, -0.2) is 0 Å². The third-order valence-electron chi connectivity index (χ3n) is 3.04. The smallest absolute Gasteiger partial charge is 0.239 e. The van der Waals surface area contributed by atoms with Crippen molar-refractivity contribution in [1.82, 2.24) is 9.97 Å². The summed E-state index contributed by atoms with van der Waals surface area (Å²) in [5.74, 6) is 1.34. The lowest BCUT2D eigenvalue weighted by Crippen LogP contribution is -2.22. The number of likely N-dealkylation sites (N-methyl/N-ethyl adjacent to an activating group) is 1. The molecule has 0 saturated heterocycles. The Labute approximate surface area is 125 Å². The molecule has 0 spiro atoms. The molecule has 5 heteroatoms. The van der Waals surface area contributed by atoms with Crippen molar-refractivity contribution in [3.63, 3.8) is 0 Å². The number of hydrogen-bond acceptors (Lipinski definition) is 5. The highest BCUT2D eigenvalue weighted by atomic mass is 16.5. The number of rotatable bonds is 6. The van der Waals surface area contributed by atoms with Crippen LogP contribution in [-0.4, -0.2) is 29.7 Å². The number of nitrogens with two attached hydrogens (primary N) is 1. The summed E-state index contributed by atoms with van der Waals surface area (Å²) in [5.41, 5.74) is 7.52. The molecule has 0 radical (unpaired) electrons. The van der Waals surface area contributed by atoms with E-state index < -0.39 is 0 Å². The monoisotopic (exact) mass is 286 g/mol. The van der Waals surface area contributed by atoms with Crippen LogP contribution in [0.5, 0.6) is 5.88 Å². The lowest BCUT2D eigenvalue weighted by molar-refractivity contribution is 0.234. The van der Waals surface area contributed by atoms with Crippen LogP contribution < -0.4 is 15.4 Å². The van der Waals surface area contributed by atoms with Gasteiger partial charge in [0.2, 0.25) is 5.88 Å². The van der Waals surface area contributed by atoms with Crippen molar-refractivity contribution in [1.29, 1.82) is 0 Å². The second-order valence-electron chi connectivity index (χ2n) is 5.22. The van der Waals surface area contributed by atoms with E-state index in [1.807, 2.05) is 57.4 Å². The van der Waals surface area contributed by atoms with Crippen LogP contribution in [0.15, 0.2) is 36.5 Å². The minimum absolute atomic E-state index is 0.0499. The van der Waals surface area contributed by atoms with E-state index in [-0.39, 0.29) is 6.10 Å². The van der Waals surface area contributed by atoms with Gasteiger partial charge in [0.05, 0.1) is 11.8 Å². The SMILES string of the molecule is CC(C)Oc1nc(N(C)CCc2ccccn2)ccc1N. The molecule has 2 N–H and O–H groups in total. The topological polar surface area (TPSA) is 64.3 Å². The summed E-state index contributed by atoms with van der Waals surface area (Å²) in [7, 11) is 2.00. The van der Waals surface area contributed by atoms with Gasteiger partial charge in [-0.1, -0.05) is 6.07 Å². The van der Waals surface area contributed by atoms with Gasteiger partial charge in [-0.05, 0) is 38.1 Å². The second kappa shape index (κ2) is 6.92. The Balaban J connectivity index is 2.03. The Morgan fingerprint density at radius 1 is 1.24 bits per heavy atom. The lowest BCUT2D eigenvalue weighted by atomic mass is 10.2. The Morgan fingerprint density at radius 3 is 2.71 bits per heavy atom. The van der Waals surface area contributed by atoms with Crippen LogP contribution in [0.2, 0.25) is 0 Å². The van der Waals surface area contributed by atoms with Crippen LogP contribution in [0.3, 0.4) is 0 Å². The quantitative estimate of drug-likeness (QED) is 0.884. The lowest BCUT2D eigenvalue weighted by Gasteiger charge is -2.20. The third kappa shape index (κ3) is 4.34. The van der Waals surface area contributed by atoms with E-state index in [0.717, 1.165) is 24.5 Å². The minimum Gasteiger partial charge on any atom is -0.473 e. The average molecular weight is 286 g/mol. The number of pyridine rings is 2. The number of hydrogen-bond donors (Lipinski definition) is 1. The highest BCUT2D eigenvalue weighted by molar-refractivity contribution is 5.54. The third-order valence-corrected chi connectivity index (χ3v) is 3.04. The van der Waals surface area contributed by atoms with E-state index in [9.17, 15) is 0 Å². The molecule has 112 valence electrons. The summed E-state index contributed by atoms with van der Waals surface area (Å²) in [4.78, 5) is 10.9. The van der Waals surface area contributed by atoms with E-state index >= 15 is 0 Å². The average Bonchev–Trinajstić information content (AvgIpc) is 2.47. The van der Waals surface area contributed by atoms with Crippen molar-refractivity contribution >= 4 is 11.5 Å². The molecule has 2 aromatic rings. The number of nitrogens with zero attached hydrogens (tertiary/aromatic N) is 3. The molecule has 0 unspecified atom stereocenters. The van der Waals surface area contributed by atoms with Crippen LogP contribution in [0.4, 0.5) is 11.5 Å². The predicted molar refractivity (Wildman–Crippen MR) is 85.6 cm³/mol. The molecule has 2 heterocycles. The molecule has 0 atom stereocenters. The maximum atomic E-state index is 5.89. The Hall–Kier alpha value is -2.30. The standard InChI is InChI=1S/C16H22N4O/c1-12(2)21-16-14(17)7-8-15(19-16)20(3)11-9-13-6-4-5-10-18-13/h4-8,10,12H,9,11,17H2,1-3H3. The van der Waals surface area contributed by atoms with Gasteiger partial charge in [0.1, 0.15) is 5.82 Å². The van der Waals surface area contributed by atoms with Gasteiger partial charge in [-0.15, -0.1) is 0 Å². The van der Waals surface area contributed by atoms with Crippen LogP contribution >= 0.6 is 0 Å². The predicted octanol–water partition coefficient (Wildman–Crippen LogP) is 2.52. The van der Waals surface area contributed by atoms with E-state index in [0.29, 0.717) is 11.6 Å². The zero-order valence-electron chi connectivity index (χ0n) is 12.8. The van der Waals surface area contributed by atoms with Gasteiger partial charge in [0, 0.05) is 31.9 Å². The number of ether oxygens (including phenoxy) is 1. The Bertz CT molecular complexity index is 572. The van der Waals surface area contributed by atoms with Crippen LogP contribution in [-0.2, 0) is 6.42 Å². The maximum absolute atomic E-state index is 5.89. The van der Waals surface area contributed by atoms with Crippen LogP contribution in [0.1, 0.15) is 19.5 Å². The molecule has 0 saturated carbocycles. The van der Waals surface area contributed by atoms with Gasteiger partial charge >= 0.3 is 0 Å². The summed E-state index contributed by atoms with van der Waals surface area (Å²) >= 11 is 0. The fourth-order valence-corrected chi connectivity index (χ4v) is 1.91. The summed E-state index contributed by atoms with van der Waals surface area (Å²) in [6, 6.07) is 9.68. The van der Waals surface area contributed by atoms with E-state index in [4.69, 9.17) is 10.5 Å². The summed E-state index contributed by atoms with van der Waals surface area (Å²) in [6.45, 7) is 4.74. The highest BCUT2D eigenvalue weighted by Crippen LogP contribution is 2.23. The Kier molecular flexibility index (Phi) is 4.98. The number of anilines is 2. The maximum Gasteiger partial charge on any atom is 0.239 e. The van der Waals surface area contributed by atoms with E-state index in [1.165, 1.54) is 0 Å². The fraction of sp³-hybridized carbons (Fsp3) is 0.375. The van der Waals surface area contributed by atoms with Crippen LogP contribution in [0, 0.1) is 0 Å². The highest BCUT2D eigenvalue weighted by Gasteiger charge is 2.09. The molecule has 2 aromatic heterocycles. The molecule has 0 aromatic carbocycles. The van der Waals surface area contributed by atoms with Crippen molar-refractivity contribution in [2.45, 2.75) is 26.4 Å². The van der Waals surface area contributed by atoms with Crippen molar-refractivity contribution in [3.8, 4) is 5.88 Å². The molecule has 5 nitrogen and oxygen atoms in total. The summed E-state index contributed by atoms with van der Waals surface area (Å²) < 4.78 is 5.62. The first-order valence-corrected chi connectivity index (χ1v) is 7.10. The zero-order valence-corrected chi connectivity index (χ0v) is 12.8. The zero-order chi connectivity index (χ0) is 15.2. The molecular weight excluding hydrogens is 264 g/mol.